The highest BCUT2D eigenvalue weighted by molar-refractivity contribution is 9.10. The number of nitrogens with one attached hydrogen (secondary N) is 1. The molecule has 0 aliphatic carbocycles. The Labute approximate surface area is 229 Å². The maximum Gasteiger partial charge on any atom is 0.266 e. The second-order valence-corrected chi connectivity index (χ2v) is 11.7. The third kappa shape index (κ3) is 6.07. The van der Waals surface area contributed by atoms with Gasteiger partial charge in [-0.3, -0.25) is 10.2 Å². The van der Waals surface area contributed by atoms with Gasteiger partial charge >= 0.3 is 0 Å². The number of halogens is 1. The molecule has 9 nitrogen and oxygen atoms in total. The Kier molecular flexibility index (Phi) is 8.83. The van der Waals surface area contributed by atoms with Crippen LogP contribution in [0.5, 0.6) is 5.75 Å². The van der Waals surface area contributed by atoms with Gasteiger partial charge in [0.2, 0.25) is 5.90 Å². The van der Waals surface area contributed by atoms with Crippen molar-refractivity contribution in [2.75, 3.05) is 19.0 Å². The predicted octanol–water partition coefficient (Wildman–Crippen LogP) is 3.32. The first-order chi connectivity index (χ1) is 18.3. The first kappa shape index (κ1) is 27.8. The molecule has 0 aromatic heterocycles. The van der Waals surface area contributed by atoms with Crippen molar-refractivity contribution < 1.29 is 27.8 Å². The van der Waals surface area contributed by atoms with E-state index in [4.69, 9.17) is 25.4 Å². The summed E-state index contributed by atoms with van der Waals surface area (Å²) in [4.78, 5) is 18.2. The molecule has 0 radical (unpaired) electrons. The van der Waals surface area contributed by atoms with E-state index in [0.717, 1.165) is 4.47 Å². The minimum Gasteiger partial charge on any atom is -0.494 e. The van der Waals surface area contributed by atoms with Crippen molar-refractivity contribution in [3.63, 3.8) is 0 Å². The van der Waals surface area contributed by atoms with Crippen LogP contribution in [-0.4, -0.2) is 49.8 Å². The van der Waals surface area contributed by atoms with Crippen LogP contribution in [0.25, 0.3) is 0 Å². The van der Waals surface area contributed by atoms with Crippen LogP contribution in [-0.2, 0) is 19.4 Å². The summed E-state index contributed by atoms with van der Waals surface area (Å²) in [6, 6.07) is 22.2. The Hall–Kier alpha value is -3.25. The number of hydrogen-bond donors (Lipinski definition) is 3. The molecule has 11 heteroatoms. The molecule has 0 saturated heterocycles. The lowest BCUT2D eigenvalue weighted by atomic mass is 9.85. The van der Waals surface area contributed by atoms with Crippen molar-refractivity contribution >= 4 is 37.6 Å². The number of carbonyl (C=O) groups is 1. The van der Waals surface area contributed by atoms with Gasteiger partial charge in [-0.15, -0.1) is 0 Å². The van der Waals surface area contributed by atoms with Crippen molar-refractivity contribution in [2.45, 2.75) is 29.4 Å². The molecule has 0 fully saturated rings. The molecule has 4 N–H and O–H groups in total. The second kappa shape index (κ2) is 12.1. The highest BCUT2D eigenvalue weighted by Crippen LogP contribution is 2.43. The molecule has 2 atom stereocenters. The molecule has 1 aliphatic rings. The third-order valence-electron chi connectivity index (χ3n) is 6.19. The predicted molar refractivity (Wildman–Crippen MR) is 146 cm³/mol. The minimum atomic E-state index is -3.73. The van der Waals surface area contributed by atoms with E-state index in [-0.39, 0.29) is 29.6 Å². The fourth-order valence-electron chi connectivity index (χ4n) is 4.17. The molecule has 1 heterocycles. The molecule has 1 amide bonds. The Bertz CT molecular complexity index is 1380. The standard InChI is InChI=1S/C27H28BrN3O6S/c28-21-11-7-19(8-12-21)24-27(26(33)31-29,15-18-38(34,35)23-5-2-1-3-6-23)30-25(37-24)20-9-13-22(14-10-20)36-17-4-16-32/h1-3,5-14,24,32H,4,15-18,29H2,(H,31,33)/t24-,27-/m0/s1. The maximum atomic E-state index is 13.4. The highest BCUT2D eigenvalue weighted by atomic mass is 79.9. The van der Waals surface area contributed by atoms with Crippen molar-refractivity contribution in [1.29, 1.82) is 0 Å². The van der Waals surface area contributed by atoms with E-state index >= 15 is 0 Å². The monoisotopic (exact) mass is 601 g/mol. The molecule has 4 rings (SSSR count). The van der Waals surface area contributed by atoms with Gasteiger partial charge in [0.15, 0.2) is 21.5 Å². The molecule has 0 bridgehead atoms. The van der Waals surface area contributed by atoms with Crippen molar-refractivity contribution in [1.82, 2.24) is 5.43 Å². The molecule has 3 aromatic rings. The van der Waals surface area contributed by atoms with E-state index in [1.165, 1.54) is 12.1 Å². The zero-order chi connectivity index (χ0) is 27.2. The summed E-state index contributed by atoms with van der Waals surface area (Å²) in [5.74, 6) is 5.37. The molecule has 0 spiro atoms. The number of aliphatic imine (C=N–C) groups is 1. The van der Waals surface area contributed by atoms with Crippen LogP contribution in [0.4, 0.5) is 0 Å². The lowest BCUT2D eigenvalue weighted by Crippen LogP contribution is -2.51. The second-order valence-electron chi connectivity index (χ2n) is 8.70. The number of ether oxygens (including phenoxy) is 2. The number of sulfone groups is 1. The molecular formula is C27H28BrN3O6S. The van der Waals surface area contributed by atoms with Gasteiger partial charge in [0.1, 0.15) is 5.75 Å². The fourth-order valence-corrected chi connectivity index (χ4v) is 5.82. The van der Waals surface area contributed by atoms with Crippen LogP contribution in [0.15, 0.2) is 93.2 Å². The van der Waals surface area contributed by atoms with Gasteiger partial charge in [-0.1, -0.05) is 46.3 Å². The number of carbonyl (C=O) groups excluding carboxylic acids is 1. The summed E-state index contributed by atoms with van der Waals surface area (Å²) < 4.78 is 39.0. The zero-order valence-corrected chi connectivity index (χ0v) is 22.8. The summed E-state index contributed by atoms with van der Waals surface area (Å²) in [6.45, 7) is 0.403. The van der Waals surface area contributed by atoms with Gasteiger partial charge in [0.05, 0.1) is 17.3 Å². The van der Waals surface area contributed by atoms with Crippen LogP contribution in [0, 0.1) is 0 Å². The number of benzene rings is 3. The SMILES string of the molecule is NNC(=O)[C@@]1(CCS(=O)(=O)c2ccccc2)N=C(c2ccc(OCCCO)cc2)O[C@H]1c1ccc(Br)cc1. The number of aliphatic hydroxyl groups excluding tert-OH is 1. The summed E-state index contributed by atoms with van der Waals surface area (Å²) in [7, 11) is -3.73. The molecule has 3 aromatic carbocycles. The smallest absolute Gasteiger partial charge is 0.266 e. The topological polar surface area (TPSA) is 140 Å². The average Bonchev–Trinajstić information content (AvgIpc) is 3.34. The molecule has 200 valence electrons. The molecule has 0 saturated carbocycles. The quantitative estimate of drug-likeness (QED) is 0.132. The van der Waals surface area contributed by atoms with Gasteiger partial charge in [0.25, 0.3) is 5.91 Å². The van der Waals surface area contributed by atoms with E-state index in [9.17, 15) is 13.2 Å². The lowest BCUT2D eigenvalue weighted by Gasteiger charge is -2.29. The van der Waals surface area contributed by atoms with Gasteiger partial charge in [-0.25, -0.2) is 19.3 Å². The number of aliphatic hydroxyl groups is 1. The van der Waals surface area contributed by atoms with Crippen LogP contribution >= 0.6 is 15.9 Å². The van der Waals surface area contributed by atoms with Gasteiger partial charge < -0.3 is 14.6 Å². The maximum absolute atomic E-state index is 13.4. The number of amides is 1. The van der Waals surface area contributed by atoms with Crippen molar-refractivity contribution in [3.8, 4) is 5.75 Å². The largest absolute Gasteiger partial charge is 0.494 e. The van der Waals surface area contributed by atoms with Gasteiger partial charge in [0, 0.05) is 29.5 Å². The average molecular weight is 603 g/mol. The van der Waals surface area contributed by atoms with E-state index in [1.54, 1.807) is 66.7 Å². The van der Waals surface area contributed by atoms with Gasteiger partial charge in [-0.05, 0) is 54.1 Å². The minimum absolute atomic E-state index is 0.0332. The van der Waals surface area contributed by atoms with E-state index < -0.39 is 27.4 Å². The van der Waals surface area contributed by atoms with E-state index in [0.29, 0.717) is 29.9 Å². The first-order valence-electron chi connectivity index (χ1n) is 11.9. The Morgan fingerprint density at radius 2 is 1.76 bits per heavy atom. The van der Waals surface area contributed by atoms with Crippen LogP contribution in [0.2, 0.25) is 0 Å². The van der Waals surface area contributed by atoms with Crippen LogP contribution in [0.1, 0.15) is 30.1 Å². The number of hydrogen-bond acceptors (Lipinski definition) is 8. The highest BCUT2D eigenvalue weighted by Gasteiger charge is 2.53. The van der Waals surface area contributed by atoms with Crippen molar-refractivity contribution in [2.24, 2.45) is 10.8 Å². The number of rotatable bonds is 11. The molecule has 0 unspecified atom stereocenters. The first-order valence-corrected chi connectivity index (χ1v) is 14.4. The van der Waals surface area contributed by atoms with E-state index in [2.05, 4.69) is 21.4 Å². The summed E-state index contributed by atoms with van der Waals surface area (Å²) in [6.07, 6.45) is -0.588. The normalized spacial score (nSPS) is 18.9. The molecule has 1 aliphatic heterocycles. The Balaban J connectivity index is 1.72. The fraction of sp³-hybridized carbons (Fsp3) is 0.259. The number of nitrogens with two attached hydrogens (primary N) is 1. The van der Waals surface area contributed by atoms with Crippen LogP contribution < -0.4 is 16.0 Å². The Morgan fingerprint density at radius 1 is 1.08 bits per heavy atom. The third-order valence-corrected chi connectivity index (χ3v) is 8.45. The van der Waals surface area contributed by atoms with Gasteiger partial charge in [-0.2, -0.15) is 0 Å². The van der Waals surface area contributed by atoms with Crippen molar-refractivity contribution in [3.05, 3.63) is 94.5 Å². The Morgan fingerprint density at radius 3 is 2.39 bits per heavy atom. The summed E-state index contributed by atoms with van der Waals surface area (Å²) >= 11 is 3.41. The zero-order valence-electron chi connectivity index (χ0n) is 20.4. The van der Waals surface area contributed by atoms with E-state index in [1.807, 2.05) is 0 Å². The number of hydrazine groups is 1. The number of nitrogens with zero attached hydrogens (tertiary/aromatic N) is 1. The summed E-state index contributed by atoms with van der Waals surface area (Å²) in [5.41, 5.74) is 1.75. The van der Waals surface area contributed by atoms with Crippen LogP contribution in [0.3, 0.4) is 0 Å². The lowest BCUT2D eigenvalue weighted by molar-refractivity contribution is -0.129. The summed E-state index contributed by atoms with van der Waals surface area (Å²) in [5, 5.41) is 8.94. The molecule has 38 heavy (non-hydrogen) atoms. The molecular weight excluding hydrogens is 574 g/mol.